The summed E-state index contributed by atoms with van der Waals surface area (Å²) in [5.74, 6) is 0.963. The second kappa shape index (κ2) is 7.65. The van der Waals surface area contributed by atoms with Crippen LogP contribution in [0.2, 0.25) is 0 Å². The van der Waals surface area contributed by atoms with Gasteiger partial charge in [0.15, 0.2) is 0 Å². The molecule has 0 saturated carbocycles. The van der Waals surface area contributed by atoms with Crippen LogP contribution in [0.4, 0.5) is 0 Å². The SMILES string of the molecule is CCOc1ccc(C(C)N(C)C2CCCNCC2)cc1. The Kier molecular flexibility index (Phi) is 5.86. The van der Waals surface area contributed by atoms with E-state index in [0.29, 0.717) is 12.1 Å². The lowest BCUT2D eigenvalue weighted by Crippen LogP contribution is -2.34. The number of nitrogens with one attached hydrogen (secondary N) is 1. The van der Waals surface area contributed by atoms with Crippen molar-refractivity contribution in [1.82, 2.24) is 10.2 Å². The van der Waals surface area contributed by atoms with Crippen molar-refractivity contribution >= 4 is 0 Å². The normalized spacial score (nSPS) is 21.5. The maximum absolute atomic E-state index is 5.51. The summed E-state index contributed by atoms with van der Waals surface area (Å²) in [6.07, 6.45) is 3.83. The maximum Gasteiger partial charge on any atom is 0.119 e. The molecular weight excluding hydrogens is 248 g/mol. The predicted octanol–water partition coefficient (Wildman–Crippen LogP) is 3.22. The van der Waals surface area contributed by atoms with Crippen molar-refractivity contribution in [3.63, 3.8) is 0 Å². The van der Waals surface area contributed by atoms with Crippen molar-refractivity contribution < 1.29 is 4.74 Å². The van der Waals surface area contributed by atoms with E-state index in [0.717, 1.165) is 18.9 Å². The summed E-state index contributed by atoms with van der Waals surface area (Å²) in [6, 6.07) is 9.69. The highest BCUT2D eigenvalue weighted by molar-refractivity contribution is 5.29. The predicted molar refractivity (Wildman–Crippen MR) is 84.3 cm³/mol. The molecule has 1 heterocycles. The summed E-state index contributed by atoms with van der Waals surface area (Å²) in [7, 11) is 2.26. The van der Waals surface area contributed by atoms with Crippen LogP contribution in [0.5, 0.6) is 5.75 Å². The number of ether oxygens (including phenoxy) is 1. The number of hydrogen-bond acceptors (Lipinski definition) is 3. The van der Waals surface area contributed by atoms with Gasteiger partial charge in [0.25, 0.3) is 0 Å². The fourth-order valence-electron chi connectivity index (χ4n) is 2.97. The van der Waals surface area contributed by atoms with E-state index in [2.05, 4.69) is 48.5 Å². The van der Waals surface area contributed by atoms with Crippen molar-refractivity contribution in [1.29, 1.82) is 0 Å². The minimum atomic E-state index is 0.453. The molecule has 0 radical (unpaired) electrons. The molecule has 0 bridgehead atoms. The van der Waals surface area contributed by atoms with E-state index in [9.17, 15) is 0 Å². The largest absolute Gasteiger partial charge is 0.494 e. The highest BCUT2D eigenvalue weighted by atomic mass is 16.5. The van der Waals surface area contributed by atoms with E-state index in [-0.39, 0.29) is 0 Å². The maximum atomic E-state index is 5.51. The summed E-state index contributed by atoms with van der Waals surface area (Å²) in [4.78, 5) is 2.53. The van der Waals surface area contributed by atoms with Crippen LogP contribution in [0.1, 0.15) is 44.7 Å². The fraction of sp³-hybridized carbons (Fsp3) is 0.647. The van der Waals surface area contributed by atoms with Crippen molar-refractivity contribution in [3.8, 4) is 5.75 Å². The third kappa shape index (κ3) is 3.97. The molecular formula is C17H28N2O. The Balaban J connectivity index is 1.99. The Bertz CT molecular complexity index is 382. The molecule has 2 unspecified atom stereocenters. The summed E-state index contributed by atoms with van der Waals surface area (Å²) in [5, 5.41) is 3.49. The molecule has 3 heteroatoms. The molecule has 0 aromatic heterocycles. The van der Waals surface area contributed by atoms with Crippen molar-refractivity contribution in [3.05, 3.63) is 29.8 Å². The Labute approximate surface area is 123 Å². The molecule has 0 spiro atoms. The van der Waals surface area contributed by atoms with Gasteiger partial charge in [-0.05, 0) is 70.9 Å². The second-order valence-electron chi connectivity index (χ2n) is 5.68. The highest BCUT2D eigenvalue weighted by Crippen LogP contribution is 2.26. The minimum Gasteiger partial charge on any atom is -0.494 e. The number of hydrogen-bond donors (Lipinski definition) is 1. The molecule has 20 heavy (non-hydrogen) atoms. The van der Waals surface area contributed by atoms with Gasteiger partial charge in [-0.1, -0.05) is 12.1 Å². The third-order valence-corrected chi connectivity index (χ3v) is 4.41. The summed E-state index contributed by atoms with van der Waals surface area (Å²) < 4.78 is 5.51. The highest BCUT2D eigenvalue weighted by Gasteiger charge is 2.21. The van der Waals surface area contributed by atoms with Gasteiger partial charge in [0.05, 0.1) is 6.61 Å². The van der Waals surface area contributed by atoms with Gasteiger partial charge in [0.1, 0.15) is 5.75 Å². The molecule has 1 saturated heterocycles. The topological polar surface area (TPSA) is 24.5 Å². The van der Waals surface area contributed by atoms with Gasteiger partial charge < -0.3 is 10.1 Å². The molecule has 0 amide bonds. The first-order chi connectivity index (χ1) is 9.72. The first kappa shape index (κ1) is 15.3. The van der Waals surface area contributed by atoms with Gasteiger partial charge in [-0.15, -0.1) is 0 Å². The Morgan fingerprint density at radius 2 is 2.00 bits per heavy atom. The van der Waals surface area contributed by atoms with Crippen LogP contribution < -0.4 is 10.1 Å². The quantitative estimate of drug-likeness (QED) is 0.893. The zero-order valence-electron chi connectivity index (χ0n) is 13.1. The van der Waals surface area contributed by atoms with Crippen LogP contribution in [0.15, 0.2) is 24.3 Å². The molecule has 2 rings (SSSR count). The Morgan fingerprint density at radius 1 is 1.25 bits per heavy atom. The van der Waals surface area contributed by atoms with Gasteiger partial charge in [0, 0.05) is 12.1 Å². The zero-order chi connectivity index (χ0) is 14.4. The molecule has 1 N–H and O–H groups in total. The second-order valence-corrected chi connectivity index (χ2v) is 5.68. The monoisotopic (exact) mass is 276 g/mol. The summed E-state index contributed by atoms with van der Waals surface area (Å²) in [6.45, 7) is 7.36. The third-order valence-electron chi connectivity index (χ3n) is 4.41. The number of rotatable bonds is 5. The molecule has 2 atom stereocenters. The summed E-state index contributed by atoms with van der Waals surface area (Å²) in [5.41, 5.74) is 1.37. The van der Waals surface area contributed by atoms with Crippen LogP contribution in [0, 0.1) is 0 Å². The van der Waals surface area contributed by atoms with E-state index in [4.69, 9.17) is 4.74 Å². The van der Waals surface area contributed by atoms with Crippen molar-refractivity contribution in [2.24, 2.45) is 0 Å². The van der Waals surface area contributed by atoms with Gasteiger partial charge in [-0.25, -0.2) is 0 Å². The van der Waals surface area contributed by atoms with E-state index >= 15 is 0 Å². The summed E-state index contributed by atoms with van der Waals surface area (Å²) >= 11 is 0. The van der Waals surface area contributed by atoms with Crippen molar-refractivity contribution in [2.45, 2.75) is 45.2 Å². The van der Waals surface area contributed by atoms with Crippen LogP contribution >= 0.6 is 0 Å². The molecule has 1 aliphatic heterocycles. The first-order valence-electron chi connectivity index (χ1n) is 7.87. The van der Waals surface area contributed by atoms with Crippen molar-refractivity contribution in [2.75, 3.05) is 26.7 Å². The first-order valence-corrected chi connectivity index (χ1v) is 7.87. The molecule has 3 nitrogen and oxygen atoms in total. The van der Waals surface area contributed by atoms with Gasteiger partial charge in [-0.2, -0.15) is 0 Å². The van der Waals surface area contributed by atoms with E-state index in [1.54, 1.807) is 0 Å². The van der Waals surface area contributed by atoms with Crippen LogP contribution in [0.3, 0.4) is 0 Å². The van der Waals surface area contributed by atoms with E-state index in [1.165, 1.54) is 31.4 Å². The van der Waals surface area contributed by atoms with Crippen LogP contribution in [0.25, 0.3) is 0 Å². The average Bonchev–Trinajstić information content (AvgIpc) is 2.76. The molecule has 112 valence electrons. The standard InChI is InChI=1S/C17H28N2O/c1-4-20-17-9-7-15(8-10-17)14(2)19(3)16-6-5-12-18-13-11-16/h7-10,14,16,18H,4-6,11-13H2,1-3H3. The van der Waals surface area contributed by atoms with Crippen LogP contribution in [-0.2, 0) is 0 Å². The minimum absolute atomic E-state index is 0.453. The molecule has 1 aromatic carbocycles. The lowest BCUT2D eigenvalue weighted by molar-refractivity contribution is 0.171. The lowest BCUT2D eigenvalue weighted by Gasteiger charge is -2.33. The van der Waals surface area contributed by atoms with Gasteiger partial charge in [-0.3, -0.25) is 4.90 Å². The number of benzene rings is 1. The van der Waals surface area contributed by atoms with E-state index < -0.39 is 0 Å². The zero-order valence-corrected chi connectivity index (χ0v) is 13.1. The van der Waals surface area contributed by atoms with Crippen LogP contribution in [-0.4, -0.2) is 37.7 Å². The van der Waals surface area contributed by atoms with E-state index in [1.807, 2.05) is 6.92 Å². The molecule has 1 aromatic rings. The van der Waals surface area contributed by atoms with Gasteiger partial charge in [0.2, 0.25) is 0 Å². The lowest BCUT2D eigenvalue weighted by atomic mass is 10.0. The molecule has 1 aliphatic rings. The Morgan fingerprint density at radius 3 is 2.70 bits per heavy atom. The smallest absolute Gasteiger partial charge is 0.119 e. The average molecular weight is 276 g/mol. The van der Waals surface area contributed by atoms with Gasteiger partial charge >= 0.3 is 0 Å². The number of nitrogens with zero attached hydrogens (tertiary/aromatic N) is 1. The molecule has 0 aliphatic carbocycles. The Hall–Kier alpha value is -1.06. The fourth-order valence-corrected chi connectivity index (χ4v) is 2.97. The molecule has 1 fully saturated rings.